The Hall–Kier alpha value is -1.44. The highest BCUT2D eigenvalue weighted by Crippen LogP contribution is 2.43. The zero-order valence-corrected chi connectivity index (χ0v) is 37.5. The van der Waals surface area contributed by atoms with Crippen molar-refractivity contribution in [2.45, 2.75) is 232 Å². The fourth-order valence-corrected chi connectivity index (χ4v) is 7.36. The molecule has 0 rings (SSSR count). The monoisotopic (exact) mass is 812 g/mol. The van der Waals surface area contributed by atoms with Crippen LogP contribution >= 0.6 is 7.82 Å². The van der Waals surface area contributed by atoms with E-state index in [-0.39, 0.29) is 32.3 Å². The summed E-state index contributed by atoms with van der Waals surface area (Å²) in [6.07, 6.45) is 52.6. The first-order valence-electron chi connectivity index (χ1n) is 23.5. The molecule has 0 aliphatic rings. The van der Waals surface area contributed by atoms with Crippen LogP contribution in [-0.2, 0) is 27.9 Å². The van der Waals surface area contributed by atoms with Gasteiger partial charge in [0.25, 0.3) is 0 Å². The minimum absolute atomic E-state index is 0.0304. The van der Waals surface area contributed by atoms with Crippen LogP contribution in [0.5, 0.6) is 0 Å². The molecule has 0 saturated carbocycles. The van der Waals surface area contributed by atoms with Gasteiger partial charge in [-0.1, -0.05) is 173 Å². The Balaban J connectivity index is 4.01. The second-order valence-corrected chi connectivity index (χ2v) is 17.1. The Kier molecular flexibility index (Phi) is 43.5. The Bertz CT molecular complexity index is 957. The minimum Gasteiger partial charge on any atom is -0.498 e. The maximum absolute atomic E-state index is 12.6. The molecule has 0 saturated heterocycles. The fourth-order valence-electron chi connectivity index (χ4n) is 6.60. The third-order valence-corrected chi connectivity index (χ3v) is 11.1. The Morgan fingerprint density at radius 3 is 1.34 bits per heavy atom. The first-order valence-corrected chi connectivity index (χ1v) is 25.0. The van der Waals surface area contributed by atoms with E-state index in [0.29, 0.717) is 6.42 Å². The van der Waals surface area contributed by atoms with Gasteiger partial charge in [-0.2, -0.15) is 0 Å². The van der Waals surface area contributed by atoms with Crippen molar-refractivity contribution in [1.29, 1.82) is 0 Å². The van der Waals surface area contributed by atoms with Gasteiger partial charge in [-0.05, 0) is 76.7 Å². The third-order valence-electron chi connectivity index (χ3n) is 10.1. The lowest BCUT2D eigenvalue weighted by atomic mass is 10.0. The van der Waals surface area contributed by atoms with E-state index in [1.54, 1.807) is 6.26 Å². The van der Waals surface area contributed by atoms with Crippen LogP contribution in [0.3, 0.4) is 0 Å². The summed E-state index contributed by atoms with van der Waals surface area (Å²) in [5, 5.41) is 0. The highest BCUT2D eigenvalue weighted by molar-refractivity contribution is 7.47. The lowest BCUT2D eigenvalue weighted by Gasteiger charge is -2.19. The molecule has 0 fully saturated rings. The van der Waals surface area contributed by atoms with E-state index in [1.807, 2.05) is 6.08 Å². The largest absolute Gasteiger partial charge is 0.498 e. The molecule has 2 atom stereocenters. The molecule has 0 aromatic heterocycles. The lowest BCUT2D eigenvalue weighted by Crippen LogP contribution is -2.27. The zero-order valence-electron chi connectivity index (χ0n) is 36.6. The van der Waals surface area contributed by atoms with Crippen LogP contribution in [0.15, 0.2) is 36.6 Å². The first-order chi connectivity index (χ1) is 27.4. The second kappa shape index (κ2) is 44.7. The van der Waals surface area contributed by atoms with Crippen LogP contribution in [0.1, 0.15) is 226 Å². The maximum Gasteiger partial charge on any atom is 0.472 e. The van der Waals surface area contributed by atoms with E-state index in [9.17, 15) is 14.3 Å². The highest BCUT2D eigenvalue weighted by Gasteiger charge is 2.25. The number of phosphoric ester groups is 1. The van der Waals surface area contributed by atoms with Crippen LogP contribution in [0.2, 0.25) is 0 Å². The van der Waals surface area contributed by atoms with Gasteiger partial charge in [0.15, 0.2) is 6.10 Å². The van der Waals surface area contributed by atoms with Gasteiger partial charge in [0.2, 0.25) is 0 Å². The average Bonchev–Trinajstić information content (AvgIpc) is 3.19. The number of esters is 1. The topological polar surface area (TPSA) is 117 Å². The number of nitrogens with two attached hydrogens (primary N) is 1. The Labute approximate surface area is 346 Å². The quantitative estimate of drug-likeness (QED) is 0.0205. The van der Waals surface area contributed by atoms with E-state index < -0.39 is 13.9 Å². The molecule has 330 valence electrons. The summed E-state index contributed by atoms with van der Waals surface area (Å²) in [7, 11) is -4.29. The van der Waals surface area contributed by atoms with Crippen LogP contribution < -0.4 is 5.73 Å². The van der Waals surface area contributed by atoms with Crippen molar-refractivity contribution in [1.82, 2.24) is 0 Å². The van der Waals surface area contributed by atoms with E-state index >= 15 is 0 Å². The highest BCUT2D eigenvalue weighted by atomic mass is 31.2. The van der Waals surface area contributed by atoms with Crippen LogP contribution in [0.25, 0.3) is 0 Å². The molecule has 8 nitrogen and oxygen atoms in total. The smallest absolute Gasteiger partial charge is 0.472 e. The van der Waals surface area contributed by atoms with Gasteiger partial charge in [0.05, 0.1) is 19.5 Å². The normalized spacial score (nSPS) is 13.6. The number of carbonyl (C=O) groups is 1. The standard InChI is InChI=1S/C47H90NO7P/c1-3-5-7-9-11-13-15-17-19-21-22-23-24-25-26-28-30-32-34-36-38-40-47(49)55-46(45-54-56(50,51)53-43-41-48)44-52-42-39-37-35-33-31-29-27-20-18-16-14-12-10-8-6-4-2/h14,16-17,19,39,42,46H,3-13,15,18,20-38,40-41,43-45,48H2,1-2H3,(H,50,51)/b16-14-,19-17-,42-39-/t46-/m1/s1. The predicted molar refractivity (Wildman–Crippen MR) is 238 cm³/mol. The third kappa shape index (κ3) is 43.7. The SMILES string of the molecule is CCCCCC/C=C\CCCCCCCC/C=C\OC[C@H](COP(=O)(O)OCCN)OC(=O)CCCCCCCCCCCCC/C=C\CCCCCCCC. The summed E-state index contributed by atoms with van der Waals surface area (Å²) in [5.41, 5.74) is 5.37. The molecule has 0 heterocycles. The van der Waals surface area contributed by atoms with Crippen molar-refractivity contribution in [2.75, 3.05) is 26.4 Å². The van der Waals surface area contributed by atoms with Gasteiger partial charge in [-0.25, -0.2) is 4.57 Å². The number of rotatable bonds is 45. The van der Waals surface area contributed by atoms with Crippen molar-refractivity contribution in [3.63, 3.8) is 0 Å². The number of phosphoric acid groups is 1. The molecule has 3 N–H and O–H groups in total. The molecule has 0 aliphatic carbocycles. The molecule has 0 amide bonds. The van der Waals surface area contributed by atoms with Gasteiger partial charge in [-0.15, -0.1) is 0 Å². The molecule has 0 radical (unpaired) electrons. The molecule has 1 unspecified atom stereocenters. The number of ether oxygens (including phenoxy) is 2. The molecular formula is C47H90NO7P. The summed E-state index contributed by atoms with van der Waals surface area (Å²) < 4.78 is 33.2. The molecule has 0 aromatic carbocycles. The summed E-state index contributed by atoms with van der Waals surface area (Å²) in [6, 6.07) is 0. The van der Waals surface area contributed by atoms with Gasteiger partial charge < -0.3 is 20.1 Å². The summed E-state index contributed by atoms with van der Waals surface area (Å²) in [5.74, 6) is -0.353. The van der Waals surface area contributed by atoms with E-state index in [4.69, 9.17) is 24.3 Å². The first kappa shape index (κ1) is 54.6. The van der Waals surface area contributed by atoms with Crippen molar-refractivity contribution < 1.29 is 32.8 Å². The van der Waals surface area contributed by atoms with Crippen molar-refractivity contribution in [3.8, 4) is 0 Å². The fraction of sp³-hybridized carbons (Fsp3) is 0.851. The van der Waals surface area contributed by atoms with Crippen molar-refractivity contribution >= 4 is 13.8 Å². The van der Waals surface area contributed by atoms with Gasteiger partial charge in [0.1, 0.15) is 6.61 Å². The van der Waals surface area contributed by atoms with Crippen molar-refractivity contribution in [3.05, 3.63) is 36.6 Å². The van der Waals surface area contributed by atoms with Gasteiger partial charge >= 0.3 is 13.8 Å². The summed E-state index contributed by atoms with van der Waals surface area (Å²) >= 11 is 0. The Morgan fingerprint density at radius 2 is 0.911 bits per heavy atom. The van der Waals surface area contributed by atoms with Crippen LogP contribution in [-0.4, -0.2) is 43.3 Å². The lowest BCUT2D eigenvalue weighted by molar-refractivity contribution is -0.153. The molecule has 0 aliphatic heterocycles. The van der Waals surface area contributed by atoms with Crippen LogP contribution in [0.4, 0.5) is 0 Å². The second-order valence-electron chi connectivity index (χ2n) is 15.7. The number of unbranched alkanes of at least 4 members (excludes halogenated alkanes) is 28. The number of allylic oxidation sites excluding steroid dienone is 5. The average molecular weight is 812 g/mol. The van der Waals surface area contributed by atoms with E-state index in [1.165, 1.54) is 173 Å². The van der Waals surface area contributed by atoms with Crippen LogP contribution in [0, 0.1) is 0 Å². The summed E-state index contributed by atoms with van der Waals surface area (Å²) in [4.78, 5) is 22.5. The number of carbonyl (C=O) groups excluding carboxylic acids is 1. The maximum atomic E-state index is 12.6. The van der Waals surface area contributed by atoms with Gasteiger partial charge in [0, 0.05) is 13.0 Å². The van der Waals surface area contributed by atoms with Gasteiger partial charge in [-0.3, -0.25) is 13.8 Å². The molecule has 0 bridgehead atoms. The minimum atomic E-state index is -4.29. The molecule has 9 heteroatoms. The van der Waals surface area contributed by atoms with E-state index in [2.05, 4.69) is 38.2 Å². The molecule has 56 heavy (non-hydrogen) atoms. The zero-order chi connectivity index (χ0) is 40.9. The molecular weight excluding hydrogens is 721 g/mol. The summed E-state index contributed by atoms with van der Waals surface area (Å²) in [6.45, 7) is 4.24. The number of hydrogen-bond donors (Lipinski definition) is 2. The number of hydrogen-bond acceptors (Lipinski definition) is 7. The van der Waals surface area contributed by atoms with Crippen molar-refractivity contribution in [2.24, 2.45) is 5.73 Å². The predicted octanol–water partition coefficient (Wildman–Crippen LogP) is 14.5. The van der Waals surface area contributed by atoms with E-state index in [0.717, 1.165) is 32.1 Å². The Morgan fingerprint density at radius 1 is 0.536 bits per heavy atom. The molecule has 0 spiro atoms. The molecule has 0 aromatic rings.